The summed E-state index contributed by atoms with van der Waals surface area (Å²) in [6.07, 6.45) is 0. The molecule has 0 aliphatic heterocycles. The minimum absolute atomic E-state index is 0.0136. The first kappa shape index (κ1) is 17.6. The summed E-state index contributed by atoms with van der Waals surface area (Å²) in [5, 5.41) is 11.4. The number of phenols is 1. The summed E-state index contributed by atoms with van der Waals surface area (Å²) in [5.74, 6) is -1.28. The molecule has 1 unspecified atom stereocenters. The van der Waals surface area contributed by atoms with Gasteiger partial charge in [-0.15, -0.1) is 0 Å². The molecule has 0 aliphatic rings. The second-order valence-corrected chi connectivity index (χ2v) is 7.79. The molecule has 2 aromatic carbocycles. The molecule has 25 heavy (non-hydrogen) atoms. The van der Waals surface area contributed by atoms with Gasteiger partial charge in [-0.1, -0.05) is 18.2 Å². The van der Waals surface area contributed by atoms with Crippen molar-refractivity contribution in [3.05, 3.63) is 42.2 Å². The fourth-order valence-electron chi connectivity index (χ4n) is 2.44. The maximum absolute atomic E-state index is 14.5. The van der Waals surface area contributed by atoms with E-state index in [-0.39, 0.29) is 29.0 Å². The number of para-hydroxylation sites is 1. The number of benzene rings is 2. The van der Waals surface area contributed by atoms with Gasteiger partial charge < -0.3 is 9.63 Å². The van der Waals surface area contributed by atoms with Crippen LogP contribution >= 0.6 is 7.75 Å². The second kappa shape index (κ2) is 6.59. The molecule has 0 amide bonds. The Morgan fingerprint density at radius 3 is 2.68 bits per heavy atom. The van der Waals surface area contributed by atoms with Crippen LogP contribution in [0.25, 0.3) is 21.8 Å². The van der Waals surface area contributed by atoms with Crippen LogP contribution in [0, 0.1) is 5.82 Å². The predicted molar refractivity (Wildman–Crippen MR) is 94.4 cm³/mol. The lowest BCUT2D eigenvalue weighted by molar-refractivity contribution is 0.236. The Kier molecular flexibility index (Phi) is 4.64. The van der Waals surface area contributed by atoms with E-state index >= 15 is 0 Å². The molecular formula is C17H18FN2O4P. The fraction of sp³-hybridized carbons (Fsp3) is 0.235. The average Bonchev–Trinajstić information content (AvgIpc) is 2.58. The Labute approximate surface area is 144 Å². The van der Waals surface area contributed by atoms with Gasteiger partial charge in [-0.25, -0.2) is 18.6 Å². The maximum atomic E-state index is 14.5. The molecule has 1 heterocycles. The smallest absolute Gasteiger partial charge is 0.460 e. The highest BCUT2D eigenvalue weighted by atomic mass is 31.2. The van der Waals surface area contributed by atoms with E-state index < -0.39 is 13.6 Å². The fourth-order valence-corrected chi connectivity index (χ4v) is 3.60. The average molecular weight is 364 g/mol. The van der Waals surface area contributed by atoms with Gasteiger partial charge in [-0.3, -0.25) is 4.52 Å². The van der Waals surface area contributed by atoms with Crippen LogP contribution in [0.5, 0.6) is 11.5 Å². The van der Waals surface area contributed by atoms with Crippen LogP contribution in [0.1, 0.15) is 6.92 Å². The molecule has 0 bridgehead atoms. The Morgan fingerprint density at radius 1 is 1.28 bits per heavy atom. The van der Waals surface area contributed by atoms with Gasteiger partial charge in [-0.05, 0) is 33.2 Å². The van der Waals surface area contributed by atoms with E-state index in [1.165, 1.54) is 18.8 Å². The number of aromatic hydroxyl groups is 1. The minimum atomic E-state index is -3.70. The Hall–Kier alpha value is -2.21. The summed E-state index contributed by atoms with van der Waals surface area (Å²) < 4.78 is 39.1. The van der Waals surface area contributed by atoms with Gasteiger partial charge in [0.05, 0.1) is 12.1 Å². The topological polar surface area (TPSA) is 71.9 Å². The molecule has 132 valence electrons. The quantitative estimate of drug-likeness (QED) is 0.537. The van der Waals surface area contributed by atoms with Crippen molar-refractivity contribution in [2.45, 2.75) is 6.92 Å². The molecule has 3 rings (SSSR count). The zero-order chi connectivity index (χ0) is 18.2. The van der Waals surface area contributed by atoms with E-state index in [1.807, 2.05) is 6.07 Å². The van der Waals surface area contributed by atoms with Crippen LogP contribution in [0.4, 0.5) is 4.39 Å². The van der Waals surface area contributed by atoms with Crippen molar-refractivity contribution in [2.24, 2.45) is 0 Å². The van der Waals surface area contributed by atoms with Crippen molar-refractivity contribution in [1.29, 1.82) is 0 Å². The van der Waals surface area contributed by atoms with E-state index in [4.69, 9.17) is 9.05 Å². The highest BCUT2D eigenvalue weighted by Crippen LogP contribution is 2.52. The Bertz CT molecular complexity index is 993. The third-order valence-corrected chi connectivity index (χ3v) is 5.68. The Balaban J connectivity index is 2.18. The standard InChI is InChI=1S/C17H18FN2O4P/c1-4-23-25(22,20(2)3)24-15-10-13(18)16-12(17(15)21)9-11-7-5-6-8-14(11)19-16/h5-10,21H,4H2,1-3H3. The molecule has 0 aliphatic carbocycles. The monoisotopic (exact) mass is 364 g/mol. The first-order chi connectivity index (χ1) is 11.9. The van der Waals surface area contributed by atoms with Gasteiger partial charge in [0.2, 0.25) is 0 Å². The van der Waals surface area contributed by atoms with Crippen LogP contribution in [0.15, 0.2) is 36.4 Å². The van der Waals surface area contributed by atoms with Crippen LogP contribution in [0.3, 0.4) is 0 Å². The highest BCUT2D eigenvalue weighted by Gasteiger charge is 2.31. The lowest BCUT2D eigenvalue weighted by atomic mass is 10.1. The molecule has 0 spiro atoms. The molecule has 0 radical (unpaired) electrons. The molecule has 1 aromatic heterocycles. The zero-order valence-electron chi connectivity index (χ0n) is 14.1. The number of nitrogens with zero attached hydrogens (tertiary/aromatic N) is 2. The van der Waals surface area contributed by atoms with Gasteiger partial charge >= 0.3 is 7.75 Å². The lowest BCUT2D eigenvalue weighted by Gasteiger charge is -2.24. The summed E-state index contributed by atoms with van der Waals surface area (Å²) in [4.78, 5) is 4.25. The number of fused-ring (bicyclic) bond motifs is 2. The summed E-state index contributed by atoms with van der Waals surface area (Å²) in [5.41, 5.74) is 0.620. The van der Waals surface area contributed by atoms with Gasteiger partial charge in [0.15, 0.2) is 17.3 Å². The third-order valence-electron chi connectivity index (χ3n) is 3.69. The van der Waals surface area contributed by atoms with Crippen LogP contribution in [-0.2, 0) is 9.09 Å². The van der Waals surface area contributed by atoms with Crippen molar-refractivity contribution >= 4 is 29.6 Å². The van der Waals surface area contributed by atoms with Gasteiger partial charge in [0, 0.05) is 16.8 Å². The van der Waals surface area contributed by atoms with E-state index in [9.17, 15) is 14.1 Å². The molecule has 1 atom stereocenters. The summed E-state index contributed by atoms with van der Waals surface area (Å²) in [7, 11) is -0.672. The number of rotatable bonds is 5. The molecule has 8 heteroatoms. The third kappa shape index (κ3) is 3.18. The lowest BCUT2D eigenvalue weighted by Crippen LogP contribution is -2.15. The largest absolute Gasteiger partial charge is 0.504 e. The summed E-state index contributed by atoms with van der Waals surface area (Å²) >= 11 is 0. The SMILES string of the molecule is CCOP(=O)(Oc1cc(F)c2nc3ccccc3cc2c1O)N(C)C. The van der Waals surface area contributed by atoms with E-state index in [0.29, 0.717) is 5.52 Å². The molecular weight excluding hydrogens is 346 g/mol. The molecule has 0 saturated heterocycles. The van der Waals surface area contributed by atoms with Gasteiger partial charge in [-0.2, -0.15) is 0 Å². The second-order valence-electron chi connectivity index (χ2n) is 5.61. The summed E-state index contributed by atoms with van der Waals surface area (Å²) in [6, 6.07) is 9.76. The first-order valence-corrected chi connectivity index (χ1v) is 9.18. The van der Waals surface area contributed by atoms with E-state index in [0.717, 1.165) is 11.5 Å². The van der Waals surface area contributed by atoms with Crippen LogP contribution in [0.2, 0.25) is 0 Å². The highest BCUT2D eigenvalue weighted by molar-refractivity contribution is 7.51. The number of halogens is 1. The molecule has 3 aromatic rings. The van der Waals surface area contributed by atoms with E-state index in [2.05, 4.69) is 4.98 Å². The number of hydrogen-bond donors (Lipinski definition) is 1. The van der Waals surface area contributed by atoms with Crippen molar-refractivity contribution < 1.29 is 23.1 Å². The molecule has 1 N–H and O–H groups in total. The predicted octanol–water partition coefficient (Wildman–Crippen LogP) is 4.32. The van der Waals surface area contributed by atoms with Crippen molar-refractivity contribution in [3.8, 4) is 11.5 Å². The molecule has 6 nitrogen and oxygen atoms in total. The van der Waals surface area contributed by atoms with Gasteiger partial charge in [0.1, 0.15) is 5.52 Å². The molecule has 0 fully saturated rings. The van der Waals surface area contributed by atoms with Crippen LogP contribution in [-0.4, -0.2) is 35.5 Å². The minimum Gasteiger partial charge on any atom is -0.504 e. The normalized spacial score (nSPS) is 14.1. The van der Waals surface area contributed by atoms with Crippen molar-refractivity contribution in [1.82, 2.24) is 9.65 Å². The number of hydrogen-bond acceptors (Lipinski definition) is 5. The number of pyridine rings is 1. The van der Waals surface area contributed by atoms with Crippen LogP contribution < -0.4 is 4.52 Å². The zero-order valence-corrected chi connectivity index (χ0v) is 15.0. The van der Waals surface area contributed by atoms with Crippen molar-refractivity contribution in [2.75, 3.05) is 20.7 Å². The first-order valence-electron chi connectivity index (χ1n) is 7.68. The van der Waals surface area contributed by atoms with E-state index in [1.54, 1.807) is 31.2 Å². The number of aromatic nitrogens is 1. The summed E-state index contributed by atoms with van der Waals surface area (Å²) in [6.45, 7) is 1.80. The number of phenolic OH excluding ortho intramolecular Hbond substituents is 1. The maximum Gasteiger partial charge on any atom is 0.460 e. The van der Waals surface area contributed by atoms with Crippen molar-refractivity contribution in [3.63, 3.8) is 0 Å². The Morgan fingerprint density at radius 2 is 2.00 bits per heavy atom. The molecule has 0 saturated carbocycles. The van der Waals surface area contributed by atoms with Gasteiger partial charge in [0.25, 0.3) is 0 Å².